The number of rotatable bonds is 2. The number of benzene rings is 1. The summed E-state index contributed by atoms with van der Waals surface area (Å²) in [5.41, 5.74) is -0.394. The van der Waals surface area contributed by atoms with E-state index in [0.29, 0.717) is 5.02 Å². The Morgan fingerprint density at radius 2 is 1.70 bits per heavy atom. The highest BCUT2D eigenvalue weighted by atomic mass is 35.5. The summed E-state index contributed by atoms with van der Waals surface area (Å²) in [4.78, 5) is 3.89. The Kier molecular flexibility index (Phi) is 4.22. The van der Waals surface area contributed by atoms with Crippen molar-refractivity contribution in [3.8, 4) is 0 Å². The Morgan fingerprint density at radius 1 is 1.10 bits per heavy atom. The zero-order valence-corrected chi connectivity index (χ0v) is 11.3. The summed E-state index contributed by atoms with van der Waals surface area (Å²) in [6.45, 7) is 0. The number of aromatic nitrogens is 1. The molecule has 0 amide bonds. The average molecular weight is 322 g/mol. The van der Waals surface area contributed by atoms with Crippen molar-refractivity contribution in [1.29, 1.82) is 0 Å². The van der Waals surface area contributed by atoms with Gasteiger partial charge in [0.2, 0.25) is 0 Å². The van der Waals surface area contributed by atoms with Gasteiger partial charge >= 0.3 is 6.18 Å². The van der Waals surface area contributed by atoms with Gasteiger partial charge in [0.25, 0.3) is 0 Å². The minimum atomic E-state index is -4.42. The second-order valence-electron chi connectivity index (χ2n) is 4.04. The lowest BCUT2D eigenvalue weighted by atomic mass is 10.0. The second kappa shape index (κ2) is 5.60. The summed E-state index contributed by atoms with van der Waals surface area (Å²) >= 11 is 11.6. The monoisotopic (exact) mass is 321 g/mol. The fourth-order valence-corrected chi connectivity index (χ4v) is 2.12. The highest BCUT2D eigenvalue weighted by Gasteiger charge is 2.30. The fourth-order valence-electron chi connectivity index (χ4n) is 1.64. The van der Waals surface area contributed by atoms with Crippen LogP contribution in [0.3, 0.4) is 0 Å². The minimum absolute atomic E-state index is 0.135. The predicted octanol–water partition coefficient (Wildman–Crippen LogP) is 4.49. The molecule has 0 aliphatic rings. The van der Waals surface area contributed by atoms with E-state index < -0.39 is 17.8 Å². The van der Waals surface area contributed by atoms with E-state index >= 15 is 0 Å². The van der Waals surface area contributed by atoms with Gasteiger partial charge in [-0.2, -0.15) is 13.2 Å². The minimum Gasteiger partial charge on any atom is -0.382 e. The van der Waals surface area contributed by atoms with Gasteiger partial charge in [-0.1, -0.05) is 35.3 Å². The number of halogens is 5. The lowest BCUT2D eigenvalue weighted by Crippen LogP contribution is -2.07. The smallest absolute Gasteiger partial charge is 0.382 e. The summed E-state index contributed by atoms with van der Waals surface area (Å²) in [7, 11) is 0. The summed E-state index contributed by atoms with van der Waals surface area (Å²) in [5.74, 6) is 0. The number of nitrogens with zero attached hydrogens (tertiary/aromatic N) is 1. The van der Waals surface area contributed by atoms with Crippen molar-refractivity contribution in [2.75, 3.05) is 0 Å². The quantitative estimate of drug-likeness (QED) is 0.884. The van der Waals surface area contributed by atoms with Crippen molar-refractivity contribution in [1.82, 2.24) is 4.98 Å². The van der Waals surface area contributed by atoms with Gasteiger partial charge < -0.3 is 5.11 Å². The number of hydrogen-bond acceptors (Lipinski definition) is 2. The fraction of sp³-hybridized carbons (Fsp3) is 0.154. The third kappa shape index (κ3) is 3.23. The molecule has 0 aliphatic carbocycles. The Labute approximate surface area is 122 Å². The van der Waals surface area contributed by atoms with Crippen LogP contribution in [0.2, 0.25) is 10.0 Å². The summed E-state index contributed by atoms with van der Waals surface area (Å²) in [5, 5.41) is 10.5. The van der Waals surface area contributed by atoms with Crippen LogP contribution in [0, 0.1) is 0 Å². The topological polar surface area (TPSA) is 33.1 Å². The first-order chi connectivity index (χ1) is 9.29. The molecule has 2 aromatic rings. The highest BCUT2D eigenvalue weighted by Crippen LogP contribution is 2.32. The molecule has 0 saturated carbocycles. The van der Waals surface area contributed by atoms with E-state index in [1.807, 2.05) is 0 Å². The number of alkyl halides is 3. The van der Waals surface area contributed by atoms with Crippen molar-refractivity contribution in [2.24, 2.45) is 0 Å². The van der Waals surface area contributed by atoms with Crippen molar-refractivity contribution < 1.29 is 18.3 Å². The Balaban J connectivity index is 2.31. The Bertz CT molecular complexity index is 614. The molecule has 1 unspecified atom stereocenters. The molecule has 2 nitrogen and oxygen atoms in total. The van der Waals surface area contributed by atoms with Crippen molar-refractivity contribution in [3.63, 3.8) is 0 Å². The number of aliphatic hydroxyl groups is 1. The van der Waals surface area contributed by atoms with Crippen LogP contribution in [0.15, 0.2) is 36.5 Å². The van der Waals surface area contributed by atoms with Crippen LogP contribution >= 0.6 is 23.2 Å². The van der Waals surface area contributed by atoms with Gasteiger partial charge in [0, 0.05) is 6.20 Å². The zero-order valence-electron chi connectivity index (χ0n) is 9.83. The van der Waals surface area contributed by atoms with E-state index in [-0.39, 0.29) is 16.3 Å². The largest absolute Gasteiger partial charge is 0.416 e. The molecule has 1 heterocycles. The molecule has 1 aromatic carbocycles. The summed E-state index contributed by atoms with van der Waals surface area (Å²) < 4.78 is 37.3. The first-order valence-corrected chi connectivity index (χ1v) is 6.21. The number of pyridine rings is 1. The highest BCUT2D eigenvalue weighted by molar-refractivity contribution is 6.34. The third-order valence-electron chi connectivity index (χ3n) is 2.65. The third-order valence-corrected chi connectivity index (χ3v) is 3.16. The Hall–Kier alpha value is -1.30. The number of aliphatic hydroxyl groups excluding tert-OH is 1. The van der Waals surface area contributed by atoms with Gasteiger partial charge in [-0.25, -0.2) is 0 Å². The van der Waals surface area contributed by atoms with Crippen LogP contribution in [-0.4, -0.2) is 10.1 Å². The lowest BCUT2D eigenvalue weighted by molar-refractivity contribution is -0.137. The molecule has 0 bridgehead atoms. The van der Waals surface area contributed by atoms with E-state index in [1.54, 1.807) is 0 Å². The average Bonchev–Trinajstić information content (AvgIpc) is 2.37. The molecule has 1 atom stereocenters. The van der Waals surface area contributed by atoms with Crippen LogP contribution < -0.4 is 0 Å². The van der Waals surface area contributed by atoms with Crippen molar-refractivity contribution >= 4 is 23.2 Å². The first kappa shape index (κ1) is 15.1. The van der Waals surface area contributed by atoms with Crippen LogP contribution in [-0.2, 0) is 6.18 Å². The normalized spacial score (nSPS) is 13.3. The molecule has 1 aromatic heterocycles. The van der Waals surface area contributed by atoms with Crippen molar-refractivity contribution in [2.45, 2.75) is 12.3 Å². The van der Waals surface area contributed by atoms with Gasteiger partial charge in [0.15, 0.2) is 0 Å². The zero-order chi connectivity index (χ0) is 14.9. The van der Waals surface area contributed by atoms with Crippen molar-refractivity contribution in [3.05, 3.63) is 63.4 Å². The van der Waals surface area contributed by atoms with E-state index in [0.717, 1.165) is 12.1 Å². The maximum atomic E-state index is 12.4. The summed E-state index contributed by atoms with van der Waals surface area (Å²) in [6.07, 6.45) is -4.34. The SMILES string of the molecule is OC(c1ccc(C(F)(F)F)cc1)c1ncc(Cl)cc1Cl. The standard InChI is InChI=1S/C13H8Cl2F3NO/c14-9-5-10(15)11(19-6-9)12(20)7-1-3-8(4-2-7)13(16,17)18/h1-6,12,20H. The molecule has 7 heteroatoms. The van der Waals surface area contributed by atoms with Gasteiger partial charge in [0.05, 0.1) is 21.3 Å². The van der Waals surface area contributed by atoms with E-state index in [1.165, 1.54) is 24.4 Å². The molecule has 2 rings (SSSR count). The van der Waals surface area contributed by atoms with Gasteiger partial charge in [-0.05, 0) is 23.8 Å². The van der Waals surface area contributed by atoms with Crippen LogP contribution in [0.1, 0.15) is 22.9 Å². The molecule has 0 saturated heterocycles. The molecule has 20 heavy (non-hydrogen) atoms. The van der Waals surface area contributed by atoms with E-state index in [4.69, 9.17) is 23.2 Å². The van der Waals surface area contributed by atoms with E-state index in [2.05, 4.69) is 4.98 Å². The molecular formula is C13H8Cl2F3NO. The molecule has 106 valence electrons. The Morgan fingerprint density at radius 3 is 2.20 bits per heavy atom. The molecule has 0 fully saturated rings. The van der Waals surface area contributed by atoms with Gasteiger partial charge in [-0.3, -0.25) is 4.98 Å². The van der Waals surface area contributed by atoms with Crippen LogP contribution in [0.5, 0.6) is 0 Å². The van der Waals surface area contributed by atoms with Crippen LogP contribution in [0.4, 0.5) is 13.2 Å². The van der Waals surface area contributed by atoms with Crippen LogP contribution in [0.25, 0.3) is 0 Å². The maximum Gasteiger partial charge on any atom is 0.416 e. The lowest BCUT2D eigenvalue weighted by Gasteiger charge is -2.13. The number of hydrogen-bond donors (Lipinski definition) is 1. The predicted molar refractivity (Wildman–Crippen MR) is 69.8 cm³/mol. The van der Waals surface area contributed by atoms with Gasteiger partial charge in [-0.15, -0.1) is 0 Å². The summed E-state index contributed by atoms with van der Waals surface area (Å²) in [6, 6.07) is 5.55. The molecule has 0 radical (unpaired) electrons. The molecule has 0 aliphatic heterocycles. The molecular weight excluding hydrogens is 314 g/mol. The first-order valence-electron chi connectivity index (χ1n) is 5.45. The molecule has 1 N–H and O–H groups in total. The van der Waals surface area contributed by atoms with E-state index in [9.17, 15) is 18.3 Å². The molecule has 0 spiro atoms. The maximum absolute atomic E-state index is 12.4. The second-order valence-corrected chi connectivity index (χ2v) is 4.89. The van der Waals surface area contributed by atoms with Gasteiger partial charge in [0.1, 0.15) is 6.10 Å².